The quantitative estimate of drug-likeness (QED) is 0.0633. The molecule has 0 aromatic heterocycles. The number of nitriles is 1. The summed E-state index contributed by atoms with van der Waals surface area (Å²) in [6.07, 6.45) is 1.57. The molecule has 1 aliphatic rings. The predicted molar refractivity (Wildman–Crippen MR) is 198 cm³/mol. The first-order chi connectivity index (χ1) is 24.9. The Morgan fingerprint density at radius 3 is 2.15 bits per heavy atom. The molecule has 0 spiro atoms. The number of aliphatic hydroxyl groups excluding tert-OH is 1. The number of aliphatic hydroxyl groups is 1. The fraction of sp³-hybridized carbons (Fsp3) is 0.385. The van der Waals surface area contributed by atoms with Crippen LogP contribution in [0, 0.1) is 17.2 Å². The first-order valence-electron chi connectivity index (χ1n) is 17.3. The average Bonchev–Trinajstić information content (AvgIpc) is 3.46. The lowest BCUT2D eigenvalue weighted by molar-refractivity contribution is -0.128. The van der Waals surface area contributed by atoms with Crippen molar-refractivity contribution < 1.29 is 37.8 Å². The van der Waals surface area contributed by atoms with E-state index in [9.17, 15) is 24.1 Å². The van der Waals surface area contributed by atoms with Crippen LogP contribution in [0.1, 0.15) is 63.1 Å². The highest BCUT2D eigenvalue weighted by molar-refractivity contribution is 7.53. The zero-order chi connectivity index (χ0) is 37.7. The van der Waals surface area contributed by atoms with E-state index < -0.39 is 37.6 Å². The molecular formula is C39H47N4O8P. The lowest BCUT2D eigenvalue weighted by atomic mass is 9.98. The minimum Gasteiger partial charge on any atom is -0.449 e. The number of ether oxygens (including phenoxy) is 1. The molecule has 0 bridgehead atoms. The third-order valence-corrected chi connectivity index (χ3v) is 10.5. The normalized spacial score (nSPS) is 14.7. The highest BCUT2D eigenvalue weighted by Gasteiger charge is 2.31. The molecule has 3 atom stereocenters. The van der Waals surface area contributed by atoms with E-state index in [2.05, 4.69) is 28.1 Å². The van der Waals surface area contributed by atoms with Crippen molar-refractivity contribution in [3.8, 4) is 17.2 Å². The van der Waals surface area contributed by atoms with Crippen LogP contribution in [-0.2, 0) is 34.5 Å². The second kappa shape index (κ2) is 19.2. The Morgan fingerprint density at radius 1 is 0.923 bits per heavy atom. The highest BCUT2D eigenvalue weighted by Crippen LogP contribution is 2.50. The number of nitrogens with zero attached hydrogens (tertiary/aromatic N) is 1. The highest BCUT2D eigenvalue weighted by atomic mass is 31.2. The van der Waals surface area contributed by atoms with Crippen molar-refractivity contribution in [1.29, 1.82) is 5.26 Å². The van der Waals surface area contributed by atoms with E-state index in [0.717, 1.165) is 27.8 Å². The monoisotopic (exact) mass is 730 g/mol. The standard InChI is InChI=1S/C39H47N4O8P/c1-26(2)36(43-39(47)49-25-35-33-14-7-5-12-31(33)32-13-6-8-15-34(32)35)38(46)41-28(4)37(45)42-30-18-16-29(17-19-30)24-51-52(48,50-21-10-20-40)22-9-11-27(3)23-44/h5-8,11-19,26,28,35-36,44H,9-10,21-25H2,1-4H3,(H,41,46)(H,42,45)(H,43,47)/b27-11+/t28-,36-,52?/m0/s1. The molecule has 0 radical (unpaired) electrons. The van der Waals surface area contributed by atoms with E-state index in [1.165, 1.54) is 0 Å². The number of carbonyl (C=O) groups excluding carboxylic acids is 3. The summed E-state index contributed by atoms with van der Waals surface area (Å²) in [4.78, 5) is 39.2. The van der Waals surface area contributed by atoms with Crippen molar-refractivity contribution in [1.82, 2.24) is 10.6 Å². The largest absolute Gasteiger partial charge is 0.449 e. The molecule has 3 aromatic rings. The van der Waals surface area contributed by atoms with Crippen molar-refractivity contribution in [2.45, 2.75) is 65.1 Å². The molecule has 1 aliphatic carbocycles. The molecule has 4 rings (SSSR count). The number of hydrogen-bond donors (Lipinski definition) is 4. The predicted octanol–water partition coefficient (Wildman–Crippen LogP) is 6.66. The average molecular weight is 731 g/mol. The van der Waals surface area contributed by atoms with Crippen molar-refractivity contribution in [2.75, 3.05) is 31.3 Å². The van der Waals surface area contributed by atoms with Gasteiger partial charge < -0.3 is 34.8 Å². The molecule has 3 aromatic carbocycles. The maximum absolute atomic E-state index is 13.3. The number of hydrogen-bond acceptors (Lipinski definition) is 9. The lowest BCUT2D eigenvalue weighted by Gasteiger charge is -2.24. The van der Waals surface area contributed by atoms with Gasteiger partial charge in [0.2, 0.25) is 11.8 Å². The van der Waals surface area contributed by atoms with E-state index in [0.29, 0.717) is 17.7 Å². The van der Waals surface area contributed by atoms with Crippen LogP contribution < -0.4 is 16.0 Å². The molecule has 12 nitrogen and oxygen atoms in total. The summed E-state index contributed by atoms with van der Waals surface area (Å²) >= 11 is 0. The molecule has 0 heterocycles. The van der Waals surface area contributed by atoms with Gasteiger partial charge in [0.25, 0.3) is 0 Å². The van der Waals surface area contributed by atoms with Gasteiger partial charge in [-0.1, -0.05) is 86.2 Å². The Labute approximate surface area is 305 Å². The van der Waals surface area contributed by atoms with Crippen molar-refractivity contribution in [2.24, 2.45) is 5.92 Å². The summed E-state index contributed by atoms with van der Waals surface area (Å²) in [7, 11) is -3.52. The van der Waals surface area contributed by atoms with Crippen molar-refractivity contribution in [3.63, 3.8) is 0 Å². The van der Waals surface area contributed by atoms with Crippen LogP contribution in [0.3, 0.4) is 0 Å². The van der Waals surface area contributed by atoms with Gasteiger partial charge in [-0.3, -0.25) is 14.2 Å². The molecule has 0 saturated heterocycles. The maximum atomic E-state index is 13.3. The minimum atomic E-state index is -3.52. The van der Waals surface area contributed by atoms with Crippen LogP contribution in [0.4, 0.5) is 10.5 Å². The van der Waals surface area contributed by atoms with E-state index in [4.69, 9.17) is 19.0 Å². The summed E-state index contributed by atoms with van der Waals surface area (Å²) in [5, 5.41) is 26.1. The number of benzene rings is 3. The number of carbonyl (C=O) groups is 3. The molecule has 13 heteroatoms. The van der Waals surface area contributed by atoms with Crippen LogP contribution in [-0.4, -0.2) is 61.1 Å². The maximum Gasteiger partial charge on any atom is 0.407 e. The first kappa shape index (κ1) is 40.0. The van der Waals surface area contributed by atoms with Gasteiger partial charge in [-0.25, -0.2) is 4.79 Å². The smallest absolute Gasteiger partial charge is 0.407 e. The Morgan fingerprint density at radius 2 is 1.56 bits per heavy atom. The number of nitrogens with one attached hydrogen (secondary N) is 3. The number of anilines is 1. The minimum absolute atomic E-state index is 0.0273. The van der Waals surface area contributed by atoms with Gasteiger partial charge in [0.05, 0.1) is 38.5 Å². The third-order valence-electron chi connectivity index (χ3n) is 8.61. The molecule has 0 saturated carbocycles. The topological polar surface area (TPSA) is 176 Å². The number of amides is 3. The van der Waals surface area contributed by atoms with Gasteiger partial charge in [-0.2, -0.15) is 5.26 Å². The Hall–Kier alpha value is -4.79. The van der Waals surface area contributed by atoms with Crippen LogP contribution in [0.2, 0.25) is 0 Å². The fourth-order valence-corrected chi connectivity index (χ4v) is 7.20. The molecule has 1 unspecified atom stereocenters. The second-order valence-corrected chi connectivity index (χ2v) is 15.1. The summed E-state index contributed by atoms with van der Waals surface area (Å²) in [5.41, 5.74) is 6.25. The van der Waals surface area contributed by atoms with Gasteiger partial charge in [-0.05, 0) is 66.1 Å². The summed E-state index contributed by atoms with van der Waals surface area (Å²) in [5.74, 6) is -1.41. The van der Waals surface area contributed by atoms with Gasteiger partial charge in [0.1, 0.15) is 18.7 Å². The van der Waals surface area contributed by atoms with Gasteiger partial charge in [0.15, 0.2) is 0 Å². The number of alkyl carbamates (subject to hydrolysis) is 1. The fourth-order valence-electron chi connectivity index (χ4n) is 5.71. The molecular weight excluding hydrogens is 683 g/mol. The van der Waals surface area contributed by atoms with Crippen molar-refractivity contribution >= 4 is 31.2 Å². The van der Waals surface area contributed by atoms with Crippen LogP contribution in [0.25, 0.3) is 11.1 Å². The van der Waals surface area contributed by atoms with Gasteiger partial charge in [-0.15, -0.1) is 0 Å². The van der Waals surface area contributed by atoms with Crippen molar-refractivity contribution in [3.05, 3.63) is 101 Å². The molecule has 52 heavy (non-hydrogen) atoms. The van der Waals surface area contributed by atoms with Crippen LogP contribution >= 0.6 is 7.60 Å². The summed E-state index contributed by atoms with van der Waals surface area (Å²) in [6.45, 7) is 6.82. The Kier molecular flexibility index (Phi) is 14.7. The zero-order valence-electron chi connectivity index (χ0n) is 30.0. The molecule has 4 N–H and O–H groups in total. The third kappa shape index (κ3) is 11.1. The lowest BCUT2D eigenvalue weighted by Crippen LogP contribution is -2.53. The molecule has 276 valence electrons. The zero-order valence-corrected chi connectivity index (χ0v) is 30.9. The van der Waals surface area contributed by atoms with E-state index in [-0.39, 0.29) is 50.8 Å². The van der Waals surface area contributed by atoms with Crippen LogP contribution in [0.5, 0.6) is 0 Å². The SMILES string of the molecule is C/C(=C\CCP(=O)(OCCC#N)OCc1ccc(NC(=O)[C@H](C)NC(=O)[C@@H](NC(=O)OCC2c3ccccc3-c3ccccc32)C(C)C)cc1)CO. The van der Waals surface area contributed by atoms with E-state index in [1.54, 1.807) is 58.0 Å². The molecule has 0 fully saturated rings. The molecule has 3 amide bonds. The van der Waals surface area contributed by atoms with E-state index in [1.807, 2.05) is 42.5 Å². The Bertz CT molecular complexity index is 1780. The summed E-state index contributed by atoms with van der Waals surface area (Å²) in [6, 6.07) is 22.8. The van der Waals surface area contributed by atoms with Gasteiger partial charge in [0, 0.05) is 11.6 Å². The Balaban J connectivity index is 1.27. The number of allylic oxidation sites excluding steroid dienone is 1. The van der Waals surface area contributed by atoms with E-state index >= 15 is 0 Å². The molecule has 0 aliphatic heterocycles. The second-order valence-electron chi connectivity index (χ2n) is 13.0. The number of rotatable bonds is 18. The number of fused-ring (bicyclic) bond motifs is 3. The van der Waals surface area contributed by atoms with Gasteiger partial charge >= 0.3 is 13.7 Å². The summed E-state index contributed by atoms with van der Waals surface area (Å²) < 4.78 is 30.0. The van der Waals surface area contributed by atoms with Crippen LogP contribution in [0.15, 0.2) is 84.4 Å². The first-order valence-corrected chi connectivity index (χ1v) is 19.0.